The molecule has 0 spiro atoms. The van der Waals surface area contributed by atoms with Gasteiger partial charge in [-0.05, 0) is 0 Å². The lowest BCUT2D eigenvalue weighted by Crippen LogP contribution is -2.25. The summed E-state index contributed by atoms with van der Waals surface area (Å²) < 4.78 is 0. The third-order valence-corrected chi connectivity index (χ3v) is 3.88. The fraction of sp³-hybridized carbons (Fsp3) is 0.105. The van der Waals surface area contributed by atoms with Gasteiger partial charge in [-0.15, -0.1) is 0 Å². The van der Waals surface area contributed by atoms with Crippen LogP contribution in [-0.4, -0.2) is 40.0 Å². The molecule has 9 heteroatoms. The number of hydrogen-bond donors (Lipinski definition) is 0. The maximum absolute atomic E-state index is 12.6. The van der Waals surface area contributed by atoms with Gasteiger partial charge in [0.2, 0.25) is 0 Å². The van der Waals surface area contributed by atoms with Gasteiger partial charge in [-0.3, -0.25) is 4.79 Å². The van der Waals surface area contributed by atoms with E-state index >= 15 is 0 Å². The van der Waals surface area contributed by atoms with Crippen molar-refractivity contribution in [1.82, 2.24) is 10.0 Å². The lowest BCUT2D eigenvalue weighted by Gasteiger charge is -2.14. The number of benzene rings is 2. The Kier molecular flexibility index (Phi) is 6.58. The van der Waals surface area contributed by atoms with Crippen LogP contribution in [0.4, 0.5) is 0 Å². The molecule has 0 bridgehead atoms. The van der Waals surface area contributed by atoms with Crippen LogP contribution < -0.4 is 0 Å². The monoisotopic (exact) mass is 382 g/mol. The Hall–Kier alpha value is -4.01. The second-order valence-electron chi connectivity index (χ2n) is 5.72. The van der Waals surface area contributed by atoms with Gasteiger partial charge >= 0.3 is 0 Å². The molecule has 0 N–H and O–H groups in total. The molecule has 0 heterocycles. The molecule has 28 heavy (non-hydrogen) atoms. The van der Waals surface area contributed by atoms with Crippen LogP contribution in [0.3, 0.4) is 0 Å². The molecule has 144 valence electrons. The Balaban J connectivity index is 2.51. The molecule has 0 fully saturated rings. The minimum absolute atomic E-state index is 0.0583. The molecule has 2 aromatic rings. The normalized spacial score (nSPS) is 11.6. The van der Waals surface area contributed by atoms with Crippen LogP contribution >= 0.6 is 0 Å². The van der Waals surface area contributed by atoms with Crippen LogP contribution in [0.5, 0.6) is 0 Å². The highest BCUT2D eigenvalue weighted by atomic mass is 16.7. The topological polar surface area (TPSA) is 110 Å². The summed E-state index contributed by atoms with van der Waals surface area (Å²) >= 11 is 0. The Morgan fingerprint density at radius 2 is 1.07 bits per heavy atom. The van der Waals surface area contributed by atoms with Crippen molar-refractivity contribution in [1.29, 1.82) is 0 Å². The number of nitrogens with zero attached hydrogens (tertiary/aromatic N) is 4. The average Bonchev–Trinajstić information content (AvgIpc) is 2.70. The summed E-state index contributed by atoms with van der Waals surface area (Å²) in [4.78, 5) is 35.0. The van der Waals surface area contributed by atoms with E-state index in [2.05, 4.69) is 0 Å². The number of carbonyl (C=O) groups is 1. The molecule has 0 atom stereocenters. The zero-order valence-electron chi connectivity index (χ0n) is 15.3. The molecule has 2 rings (SSSR count). The lowest BCUT2D eigenvalue weighted by molar-refractivity contribution is -0.627. The third kappa shape index (κ3) is 5.01. The van der Waals surface area contributed by atoms with Crippen molar-refractivity contribution in [2.24, 2.45) is 0 Å². The smallest absolute Gasteiger partial charge is 0.183 e. The number of hydrogen-bond acceptors (Lipinski definition) is 5. The van der Waals surface area contributed by atoms with Gasteiger partial charge in [0.1, 0.15) is 11.4 Å². The van der Waals surface area contributed by atoms with E-state index in [1.807, 2.05) is 0 Å². The third-order valence-electron chi connectivity index (χ3n) is 3.88. The average molecular weight is 382 g/mol. The van der Waals surface area contributed by atoms with Crippen LogP contribution in [-0.2, 0) is 4.79 Å². The quantitative estimate of drug-likeness (QED) is 0.392. The Morgan fingerprint density at radius 3 is 1.36 bits per heavy atom. The molecule has 0 aliphatic carbocycles. The summed E-state index contributed by atoms with van der Waals surface area (Å²) in [6, 6.07) is 16.8. The highest BCUT2D eigenvalue weighted by Gasteiger charge is 2.20. The number of hydrazine groups is 2. The van der Waals surface area contributed by atoms with Crippen LogP contribution in [0.15, 0.2) is 72.8 Å². The fourth-order valence-corrected chi connectivity index (χ4v) is 2.43. The largest absolute Gasteiger partial charge is 0.290 e. The van der Waals surface area contributed by atoms with Gasteiger partial charge in [-0.25, -0.2) is 20.2 Å². The van der Waals surface area contributed by atoms with Gasteiger partial charge in [-0.1, -0.05) is 70.7 Å². The molecule has 0 amide bonds. The van der Waals surface area contributed by atoms with Crippen molar-refractivity contribution in [2.45, 2.75) is 0 Å². The fourth-order valence-electron chi connectivity index (χ4n) is 2.43. The van der Waals surface area contributed by atoms with E-state index in [4.69, 9.17) is 0 Å². The molecule has 9 nitrogen and oxygen atoms in total. The number of ketones is 1. The molecule has 0 aliphatic heterocycles. The van der Waals surface area contributed by atoms with Crippen LogP contribution in [0.2, 0.25) is 0 Å². The molecule has 0 saturated carbocycles. The molecular weight excluding hydrogens is 364 g/mol. The predicted molar refractivity (Wildman–Crippen MR) is 103 cm³/mol. The number of allylic oxidation sites excluding steroid dienone is 2. The summed E-state index contributed by atoms with van der Waals surface area (Å²) in [7, 11) is 2.44. The molecule has 0 saturated heterocycles. The number of carbonyl (C=O) groups excluding carboxylic acids is 1. The second kappa shape index (κ2) is 9.08. The van der Waals surface area contributed by atoms with Gasteiger partial charge in [0.15, 0.2) is 15.8 Å². The van der Waals surface area contributed by atoms with Gasteiger partial charge < -0.3 is 0 Å². The predicted octanol–water partition coefficient (Wildman–Crippen LogP) is 2.88. The van der Waals surface area contributed by atoms with Crippen LogP contribution in [0.25, 0.3) is 11.4 Å². The van der Waals surface area contributed by atoms with E-state index in [-0.39, 0.29) is 11.4 Å². The first kappa shape index (κ1) is 20.3. The van der Waals surface area contributed by atoms with Crippen molar-refractivity contribution in [3.8, 4) is 0 Å². The zero-order valence-corrected chi connectivity index (χ0v) is 15.3. The van der Waals surface area contributed by atoms with Gasteiger partial charge in [0.25, 0.3) is 0 Å². The SMILES string of the molecule is CN(C(=CC(=O)C=C(c1ccccc1)N(C)[N+](=O)[O-])c1ccccc1)[N+](=O)[O-]. The number of nitro groups is 2. The van der Waals surface area contributed by atoms with Crippen LogP contribution in [0.1, 0.15) is 11.1 Å². The van der Waals surface area contributed by atoms with E-state index in [0.717, 1.165) is 22.2 Å². The van der Waals surface area contributed by atoms with Crippen molar-refractivity contribution >= 4 is 17.2 Å². The van der Waals surface area contributed by atoms with Crippen molar-refractivity contribution < 1.29 is 14.9 Å². The highest BCUT2D eigenvalue weighted by Crippen LogP contribution is 2.21. The Bertz CT molecular complexity index is 850. The molecule has 0 unspecified atom stereocenters. The van der Waals surface area contributed by atoms with Gasteiger partial charge in [0, 0.05) is 23.3 Å². The van der Waals surface area contributed by atoms with E-state index in [1.165, 1.54) is 14.1 Å². The standard InChI is InChI=1S/C19H18N4O5/c1-20(22(25)26)18(15-9-5-3-6-10-15)13-17(24)14-19(21(2)23(27)28)16-11-7-4-8-12-16/h3-14H,1-2H3. The van der Waals surface area contributed by atoms with Gasteiger partial charge in [-0.2, -0.15) is 0 Å². The number of rotatable bonds is 8. The van der Waals surface area contributed by atoms with Crippen LogP contribution in [0, 0.1) is 20.2 Å². The zero-order chi connectivity index (χ0) is 20.7. The van der Waals surface area contributed by atoms with Crippen molar-refractivity contribution in [3.63, 3.8) is 0 Å². The van der Waals surface area contributed by atoms with E-state index < -0.39 is 15.8 Å². The van der Waals surface area contributed by atoms with Crippen molar-refractivity contribution in [2.75, 3.05) is 14.1 Å². The first-order valence-corrected chi connectivity index (χ1v) is 8.15. The maximum Gasteiger partial charge on any atom is 0.183 e. The Morgan fingerprint density at radius 1 is 0.750 bits per heavy atom. The second-order valence-corrected chi connectivity index (χ2v) is 5.72. The first-order chi connectivity index (χ1) is 13.3. The summed E-state index contributed by atoms with van der Waals surface area (Å²) in [6.07, 6.45) is 2.16. The molecule has 2 aromatic carbocycles. The maximum atomic E-state index is 12.6. The van der Waals surface area contributed by atoms with E-state index in [9.17, 15) is 25.0 Å². The molecule has 0 radical (unpaired) electrons. The minimum Gasteiger partial charge on any atom is -0.290 e. The molecular formula is C19H18N4O5. The summed E-state index contributed by atoms with van der Waals surface area (Å²) in [5, 5.41) is 22.5. The van der Waals surface area contributed by atoms with Crippen molar-refractivity contribution in [3.05, 3.63) is 104 Å². The summed E-state index contributed by atoms with van der Waals surface area (Å²) in [5.41, 5.74) is 1.05. The molecule has 0 aliphatic rings. The minimum atomic E-state index is -0.656. The molecule has 0 aromatic heterocycles. The van der Waals surface area contributed by atoms with Gasteiger partial charge in [0.05, 0.1) is 14.1 Å². The summed E-state index contributed by atoms with van der Waals surface area (Å²) in [6.45, 7) is 0. The lowest BCUT2D eigenvalue weighted by atomic mass is 10.1. The van der Waals surface area contributed by atoms with E-state index in [1.54, 1.807) is 60.7 Å². The highest BCUT2D eigenvalue weighted by molar-refractivity contribution is 6.07. The van der Waals surface area contributed by atoms with E-state index in [0.29, 0.717) is 11.1 Å². The Labute approximate surface area is 161 Å². The first-order valence-electron chi connectivity index (χ1n) is 8.15. The summed E-state index contributed by atoms with van der Waals surface area (Å²) in [5.74, 6) is -0.625.